The Balaban J connectivity index is 0.00000198. The predicted octanol–water partition coefficient (Wildman–Crippen LogP) is 7.75. The van der Waals surface area contributed by atoms with Gasteiger partial charge in [-0.05, 0) is 70.7 Å². The second kappa shape index (κ2) is 18.4. The Labute approximate surface area is 187 Å². The van der Waals surface area contributed by atoms with Crippen LogP contribution in [-0.4, -0.2) is 36.7 Å². The first-order valence-electron chi connectivity index (χ1n) is 12.4. The van der Waals surface area contributed by atoms with Crippen molar-refractivity contribution in [1.82, 2.24) is 10.2 Å². The van der Waals surface area contributed by atoms with Gasteiger partial charge in [0.2, 0.25) is 0 Å². The van der Waals surface area contributed by atoms with Crippen molar-refractivity contribution in [3.63, 3.8) is 0 Å². The highest BCUT2D eigenvalue weighted by molar-refractivity contribution is 5.27. The molecule has 0 spiro atoms. The van der Waals surface area contributed by atoms with E-state index in [-0.39, 0.29) is 6.04 Å². The third-order valence-corrected chi connectivity index (χ3v) is 5.58. The van der Waals surface area contributed by atoms with Gasteiger partial charge in [-0.25, -0.2) is 4.39 Å². The lowest BCUT2D eigenvalue weighted by molar-refractivity contribution is 0.224. The van der Waals surface area contributed by atoms with E-state index in [2.05, 4.69) is 29.5 Å². The summed E-state index contributed by atoms with van der Waals surface area (Å²) in [6, 6.07) is 0.140. The molecule has 0 aromatic heterocycles. The van der Waals surface area contributed by atoms with Crippen LogP contribution in [0.1, 0.15) is 92.4 Å². The average Bonchev–Trinajstić information content (AvgIpc) is 2.79. The van der Waals surface area contributed by atoms with Gasteiger partial charge in [0.15, 0.2) is 0 Å². The summed E-state index contributed by atoms with van der Waals surface area (Å²) in [7, 11) is 0. The zero-order valence-electron chi connectivity index (χ0n) is 20.6. The van der Waals surface area contributed by atoms with E-state index in [1.54, 1.807) is 0 Å². The van der Waals surface area contributed by atoms with E-state index in [0.29, 0.717) is 6.42 Å². The number of nitrogens with one attached hydrogen (secondary N) is 1. The van der Waals surface area contributed by atoms with Gasteiger partial charge in [-0.15, -0.1) is 6.58 Å². The third kappa shape index (κ3) is 12.4. The maximum atomic E-state index is 13.8. The molecule has 3 heteroatoms. The van der Waals surface area contributed by atoms with Gasteiger partial charge >= 0.3 is 0 Å². The van der Waals surface area contributed by atoms with Crippen LogP contribution in [0.2, 0.25) is 0 Å². The standard InChI is InChI=1S/C23H37FN2.2C2H6/c1-4-22(17-21-13-12-19(2)23(24)18-21)25-20(3)11-7-5-8-14-26-15-9-6-10-16-26;2*1-2/h4,12-13,22-23,25H,1,3,5-11,14-18H2,2H3;2*1-2H3. The summed E-state index contributed by atoms with van der Waals surface area (Å²) in [5.41, 5.74) is 3.05. The number of rotatable bonds is 11. The first-order valence-corrected chi connectivity index (χ1v) is 12.4. The highest BCUT2D eigenvalue weighted by Crippen LogP contribution is 2.25. The molecule has 1 heterocycles. The Morgan fingerprint density at radius 1 is 1.13 bits per heavy atom. The molecule has 1 fully saturated rings. The SMILES string of the molecule is C=CC(CC1=CC=C(C)C(F)C1)NC(=C)CCCCCN1CCCCC1.CC.CC. The second-order valence-electron chi connectivity index (χ2n) is 7.91. The monoisotopic (exact) mass is 420 g/mol. The molecule has 1 aliphatic heterocycles. The van der Waals surface area contributed by atoms with Crippen LogP contribution in [0.25, 0.3) is 0 Å². The van der Waals surface area contributed by atoms with Crippen molar-refractivity contribution in [3.8, 4) is 0 Å². The quantitative estimate of drug-likeness (QED) is 0.271. The summed E-state index contributed by atoms with van der Waals surface area (Å²) in [6.07, 6.45) is 15.3. The average molecular weight is 421 g/mol. The van der Waals surface area contributed by atoms with E-state index < -0.39 is 6.17 Å². The molecule has 1 saturated heterocycles. The summed E-state index contributed by atoms with van der Waals surface area (Å²) in [5, 5.41) is 3.47. The Morgan fingerprint density at radius 2 is 1.80 bits per heavy atom. The molecule has 174 valence electrons. The molecule has 1 aliphatic carbocycles. The summed E-state index contributed by atoms with van der Waals surface area (Å²) in [4.78, 5) is 2.61. The van der Waals surface area contributed by atoms with E-state index in [1.165, 1.54) is 58.2 Å². The summed E-state index contributed by atoms with van der Waals surface area (Å²) < 4.78 is 13.8. The van der Waals surface area contributed by atoms with Crippen LogP contribution in [0.15, 0.2) is 48.2 Å². The fraction of sp³-hybridized carbons (Fsp3) is 0.704. The molecule has 0 bridgehead atoms. The van der Waals surface area contributed by atoms with Crippen molar-refractivity contribution in [2.24, 2.45) is 0 Å². The maximum absolute atomic E-state index is 13.8. The molecule has 0 saturated carbocycles. The van der Waals surface area contributed by atoms with E-state index >= 15 is 0 Å². The number of hydrogen-bond acceptors (Lipinski definition) is 2. The molecule has 2 nitrogen and oxygen atoms in total. The molecule has 30 heavy (non-hydrogen) atoms. The van der Waals surface area contributed by atoms with Gasteiger partial charge in [0, 0.05) is 18.2 Å². The first kappa shape index (κ1) is 28.6. The van der Waals surface area contributed by atoms with E-state index in [0.717, 1.165) is 29.7 Å². The molecule has 1 N–H and O–H groups in total. The predicted molar refractivity (Wildman–Crippen MR) is 134 cm³/mol. The van der Waals surface area contributed by atoms with Crippen molar-refractivity contribution in [2.45, 2.75) is 105 Å². The smallest absolute Gasteiger partial charge is 0.125 e. The number of likely N-dealkylation sites (tertiary alicyclic amines) is 1. The number of alkyl halides is 1. The van der Waals surface area contributed by atoms with Crippen LogP contribution in [0.4, 0.5) is 4.39 Å². The van der Waals surface area contributed by atoms with Gasteiger partial charge in [-0.2, -0.15) is 0 Å². The molecule has 2 atom stereocenters. The van der Waals surface area contributed by atoms with Gasteiger partial charge in [0.25, 0.3) is 0 Å². The minimum absolute atomic E-state index is 0.140. The number of halogens is 1. The fourth-order valence-electron chi connectivity index (χ4n) is 3.81. The van der Waals surface area contributed by atoms with Gasteiger partial charge in [0.1, 0.15) is 6.17 Å². The molecule has 2 rings (SSSR count). The van der Waals surface area contributed by atoms with Crippen molar-refractivity contribution in [2.75, 3.05) is 19.6 Å². The molecule has 2 aliphatic rings. The van der Waals surface area contributed by atoms with E-state index in [4.69, 9.17) is 0 Å². The second-order valence-corrected chi connectivity index (χ2v) is 7.91. The largest absolute Gasteiger partial charge is 0.382 e. The van der Waals surface area contributed by atoms with E-state index in [1.807, 2.05) is 46.8 Å². The molecule has 0 aromatic rings. The fourth-order valence-corrected chi connectivity index (χ4v) is 3.81. The lowest BCUT2D eigenvalue weighted by atomic mass is 9.93. The lowest BCUT2D eigenvalue weighted by Crippen LogP contribution is -2.30. The molecular formula is C27H49FN2. The number of piperidine rings is 1. The van der Waals surface area contributed by atoms with Crippen LogP contribution in [-0.2, 0) is 0 Å². The topological polar surface area (TPSA) is 15.3 Å². The van der Waals surface area contributed by atoms with Crippen molar-refractivity contribution >= 4 is 0 Å². The number of hydrogen-bond donors (Lipinski definition) is 1. The zero-order valence-corrected chi connectivity index (χ0v) is 20.6. The third-order valence-electron chi connectivity index (χ3n) is 5.58. The van der Waals surface area contributed by atoms with Gasteiger partial charge in [0.05, 0.1) is 0 Å². The summed E-state index contributed by atoms with van der Waals surface area (Å²) in [6.45, 7) is 21.8. The zero-order chi connectivity index (χ0) is 22.8. The molecule has 2 unspecified atom stereocenters. The highest BCUT2D eigenvalue weighted by Gasteiger charge is 2.17. The normalized spacial score (nSPS) is 19.7. The summed E-state index contributed by atoms with van der Waals surface area (Å²) >= 11 is 0. The molecular weight excluding hydrogens is 371 g/mol. The van der Waals surface area contributed by atoms with Crippen LogP contribution < -0.4 is 5.32 Å². The minimum Gasteiger partial charge on any atom is -0.382 e. The van der Waals surface area contributed by atoms with Gasteiger partial charge in [-0.1, -0.05) is 70.9 Å². The van der Waals surface area contributed by atoms with Gasteiger partial charge < -0.3 is 10.2 Å². The van der Waals surface area contributed by atoms with Gasteiger partial charge in [-0.3, -0.25) is 0 Å². The number of unbranched alkanes of at least 4 members (excludes halogenated alkanes) is 2. The van der Waals surface area contributed by atoms with Crippen molar-refractivity contribution in [3.05, 3.63) is 48.2 Å². The van der Waals surface area contributed by atoms with E-state index in [9.17, 15) is 4.39 Å². The van der Waals surface area contributed by atoms with Crippen LogP contribution in [0.5, 0.6) is 0 Å². The number of nitrogens with zero attached hydrogens (tertiary/aromatic N) is 1. The maximum Gasteiger partial charge on any atom is 0.125 e. The molecule has 0 amide bonds. The minimum atomic E-state index is -0.830. The molecule has 0 radical (unpaired) electrons. The molecule has 0 aromatic carbocycles. The van der Waals surface area contributed by atoms with Crippen LogP contribution in [0, 0.1) is 0 Å². The Morgan fingerprint density at radius 3 is 2.40 bits per heavy atom. The van der Waals surface area contributed by atoms with Crippen molar-refractivity contribution < 1.29 is 4.39 Å². The van der Waals surface area contributed by atoms with Crippen LogP contribution >= 0.6 is 0 Å². The Kier molecular flexibility index (Phi) is 17.6. The first-order chi connectivity index (χ1) is 14.6. The Bertz CT molecular complexity index is 515. The van der Waals surface area contributed by atoms with Crippen molar-refractivity contribution in [1.29, 1.82) is 0 Å². The van der Waals surface area contributed by atoms with Crippen LogP contribution in [0.3, 0.4) is 0 Å². The lowest BCUT2D eigenvalue weighted by Gasteiger charge is -2.26. The highest BCUT2D eigenvalue weighted by atomic mass is 19.1. The number of allylic oxidation sites excluding steroid dienone is 4. The Hall–Kier alpha value is -1.35. The summed E-state index contributed by atoms with van der Waals surface area (Å²) in [5.74, 6) is 0.